The molecule has 1 aliphatic heterocycles. The Kier molecular flexibility index (Phi) is 4.24. The van der Waals surface area contributed by atoms with Gasteiger partial charge in [0.25, 0.3) is 0 Å². The molecule has 1 aliphatic rings. The van der Waals surface area contributed by atoms with Crippen LogP contribution in [0.5, 0.6) is 0 Å². The summed E-state index contributed by atoms with van der Waals surface area (Å²) in [7, 11) is 1.26. The number of carbonyl (C=O) groups is 2. The molecule has 1 amide bonds. The molecule has 1 heterocycles. The quantitative estimate of drug-likeness (QED) is 0.830. The van der Waals surface area contributed by atoms with Crippen LogP contribution in [0.15, 0.2) is 30.3 Å². The van der Waals surface area contributed by atoms with Crippen molar-refractivity contribution in [1.29, 1.82) is 0 Å². The maximum atomic E-state index is 11.7. The van der Waals surface area contributed by atoms with Gasteiger partial charge in [0.05, 0.1) is 26.6 Å². The van der Waals surface area contributed by atoms with Gasteiger partial charge in [-0.3, -0.25) is 4.79 Å². The van der Waals surface area contributed by atoms with Crippen LogP contribution in [0.4, 0.5) is 4.79 Å². The summed E-state index contributed by atoms with van der Waals surface area (Å²) in [4.78, 5) is 24.2. The van der Waals surface area contributed by atoms with E-state index in [1.165, 1.54) is 12.0 Å². The van der Waals surface area contributed by atoms with Crippen LogP contribution in [0, 0.1) is 0 Å². The summed E-state index contributed by atoms with van der Waals surface area (Å²) in [5.74, 6) is -0.496. The Morgan fingerprint density at radius 2 is 1.95 bits per heavy atom. The molecule has 20 heavy (non-hydrogen) atoms. The normalized spacial score (nSPS) is 16.2. The van der Waals surface area contributed by atoms with Gasteiger partial charge in [0.15, 0.2) is 0 Å². The average Bonchev–Trinajstić information content (AvgIpc) is 2.43. The first kappa shape index (κ1) is 14.3. The lowest BCUT2D eigenvalue weighted by molar-refractivity contribution is -0.154. The summed E-state index contributed by atoms with van der Waals surface area (Å²) in [5.41, 5.74) is -0.301. The predicted octanol–water partition coefficient (Wildman–Crippen LogP) is 0.933. The molecule has 0 bridgehead atoms. The lowest BCUT2D eigenvalue weighted by Crippen LogP contribution is -2.64. The molecule has 2 rings (SSSR count). The molecule has 0 aromatic heterocycles. The molecule has 0 spiro atoms. The molecule has 0 saturated carbocycles. The van der Waals surface area contributed by atoms with Crippen LogP contribution in [0.25, 0.3) is 0 Å². The van der Waals surface area contributed by atoms with Crippen molar-refractivity contribution in [3.05, 3.63) is 35.9 Å². The van der Waals surface area contributed by atoms with Gasteiger partial charge in [-0.1, -0.05) is 30.3 Å². The van der Waals surface area contributed by atoms with Gasteiger partial charge in [0, 0.05) is 0 Å². The monoisotopic (exact) mass is 279 g/mol. The van der Waals surface area contributed by atoms with Crippen LogP contribution in [0.1, 0.15) is 12.0 Å². The van der Waals surface area contributed by atoms with Crippen LogP contribution in [0.3, 0.4) is 0 Å². The first-order chi connectivity index (χ1) is 9.52. The minimum absolute atomic E-state index is 0.0791. The van der Waals surface area contributed by atoms with Crippen molar-refractivity contribution in [3.8, 4) is 0 Å². The van der Waals surface area contributed by atoms with Crippen molar-refractivity contribution in [2.45, 2.75) is 18.6 Å². The number of likely N-dealkylation sites (tertiary alicyclic amines) is 1. The van der Waals surface area contributed by atoms with Crippen LogP contribution in [-0.2, 0) is 20.9 Å². The molecule has 6 nitrogen and oxygen atoms in total. The van der Waals surface area contributed by atoms with E-state index in [4.69, 9.17) is 4.74 Å². The molecular formula is C14H17NO5. The second-order valence-electron chi connectivity index (χ2n) is 4.87. The van der Waals surface area contributed by atoms with Gasteiger partial charge in [-0.2, -0.15) is 0 Å². The molecule has 1 aromatic carbocycles. The standard InChI is InChI=1S/C14H17NO5/c1-19-12(16)7-14(18)9-15(10-14)13(17)20-8-11-5-3-2-4-6-11/h2-6,18H,7-10H2,1H3. The van der Waals surface area contributed by atoms with Gasteiger partial charge in [-0.05, 0) is 5.56 Å². The van der Waals surface area contributed by atoms with Gasteiger partial charge in [-0.15, -0.1) is 0 Å². The molecule has 1 aromatic rings. The van der Waals surface area contributed by atoms with Crippen LogP contribution < -0.4 is 0 Å². The number of hydrogen-bond acceptors (Lipinski definition) is 5. The molecule has 0 aliphatic carbocycles. The molecule has 6 heteroatoms. The summed E-state index contributed by atoms with van der Waals surface area (Å²) in [6.45, 7) is 0.344. The molecule has 0 unspecified atom stereocenters. The molecule has 0 radical (unpaired) electrons. The molecule has 1 fully saturated rings. The summed E-state index contributed by atoms with van der Waals surface area (Å²) in [5, 5.41) is 9.97. The molecule has 1 saturated heterocycles. The van der Waals surface area contributed by atoms with Crippen molar-refractivity contribution in [2.24, 2.45) is 0 Å². The lowest BCUT2D eigenvalue weighted by Gasteiger charge is -2.44. The third kappa shape index (κ3) is 3.48. The topological polar surface area (TPSA) is 76.1 Å². The number of nitrogens with zero attached hydrogens (tertiary/aromatic N) is 1. The highest BCUT2D eigenvalue weighted by molar-refractivity contribution is 5.73. The zero-order chi connectivity index (χ0) is 14.6. The number of ether oxygens (including phenoxy) is 2. The van der Waals surface area contributed by atoms with Crippen LogP contribution in [0.2, 0.25) is 0 Å². The van der Waals surface area contributed by atoms with E-state index >= 15 is 0 Å². The van der Waals surface area contributed by atoms with E-state index < -0.39 is 17.7 Å². The largest absolute Gasteiger partial charge is 0.469 e. The summed E-state index contributed by atoms with van der Waals surface area (Å²) < 4.78 is 9.61. The number of amides is 1. The second kappa shape index (κ2) is 5.92. The van der Waals surface area contributed by atoms with E-state index in [0.717, 1.165) is 5.56 Å². The van der Waals surface area contributed by atoms with Crippen molar-refractivity contribution < 1.29 is 24.2 Å². The molecule has 1 N–H and O–H groups in total. The van der Waals surface area contributed by atoms with Gasteiger partial charge < -0.3 is 19.5 Å². The second-order valence-corrected chi connectivity index (χ2v) is 4.87. The van der Waals surface area contributed by atoms with Gasteiger partial charge in [-0.25, -0.2) is 4.79 Å². The van der Waals surface area contributed by atoms with Crippen molar-refractivity contribution in [2.75, 3.05) is 20.2 Å². The predicted molar refractivity (Wildman–Crippen MR) is 69.8 cm³/mol. The highest BCUT2D eigenvalue weighted by Crippen LogP contribution is 2.25. The zero-order valence-corrected chi connectivity index (χ0v) is 11.2. The average molecular weight is 279 g/mol. The molecule has 0 atom stereocenters. The number of β-amino-alcohol motifs (C(OH)–C–C–N with tert-alkyl or cyclic N) is 1. The fourth-order valence-corrected chi connectivity index (χ4v) is 2.06. The summed E-state index contributed by atoms with van der Waals surface area (Å²) in [6.07, 6.45) is -0.616. The number of esters is 1. The summed E-state index contributed by atoms with van der Waals surface area (Å²) in [6, 6.07) is 9.32. The van der Waals surface area contributed by atoms with E-state index in [9.17, 15) is 14.7 Å². The third-order valence-electron chi connectivity index (χ3n) is 3.13. The highest BCUT2D eigenvalue weighted by Gasteiger charge is 2.46. The number of rotatable bonds is 4. The van der Waals surface area contributed by atoms with E-state index in [1.807, 2.05) is 30.3 Å². The van der Waals surface area contributed by atoms with Gasteiger partial charge >= 0.3 is 12.1 Å². The smallest absolute Gasteiger partial charge is 0.410 e. The first-order valence-corrected chi connectivity index (χ1v) is 6.27. The summed E-state index contributed by atoms with van der Waals surface area (Å²) >= 11 is 0. The van der Waals surface area contributed by atoms with Gasteiger partial charge in [0.2, 0.25) is 0 Å². The van der Waals surface area contributed by atoms with E-state index in [0.29, 0.717) is 0 Å². The minimum atomic E-state index is -1.20. The maximum Gasteiger partial charge on any atom is 0.410 e. The van der Waals surface area contributed by atoms with Crippen LogP contribution >= 0.6 is 0 Å². The minimum Gasteiger partial charge on any atom is -0.469 e. The fourth-order valence-electron chi connectivity index (χ4n) is 2.06. The highest BCUT2D eigenvalue weighted by atomic mass is 16.6. The van der Waals surface area contributed by atoms with E-state index in [2.05, 4.69) is 4.74 Å². The number of benzene rings is 1. The van der Waals surface area contributed by atoms with E-state index in [-0.39, 0.29) is 26.1 Å². The Hall–Kier alpha value is -2.08. The van der Waals surface area contributed by atoms with E-state index in [1.54, 1.807) is 0 Å². The number of methoxy groups -OCH3 is 1. The SMILES string of the molecule is COC(=O)CC1(O)CN(C(=O)OCc2ccccc2)C1. The lowest BCUT2D eigenvalue weighted by atomic mass is 9.91. The molecule has 108 valence electrons. The van der Waals surface area contributed by atoms with Crippen molar-refractivity contribution in [1.82, 2.24) is 4.90 Å². The maximum absolute atomic E-state index is 11.7. The Bertz CT molecular complexity index is 482. The van der Waals surface area contributed by atoms with Crippen molar-refractivity contribution >= 4 is 12.1 Å². The fraction of sp³-hybridized carbons (Fsp3) is 0.429. The third-order valence-corrected chi connectivity index (χ3v) is 3.13. The van der Waals surface area contributed by atoms with Crippen molar-refractivity contribution in [3.63, 3.8) is 0 Å². The van der Waals surface area contributed by atoms with Gasteiger partial charge in [0.1, 0.15) is 12.2 Å². The zero-order valence-electron chi connectivity index (χ0n) is 11.2. The first-order valence-electron chi connectivity index (χ1n) is 6.27. The number of aliphatic hydroxyl groups is 1. The number of hydrogen-bond donors (Lipinski definition) is 1. The Morgan fingerprint density at radius 3 is 2.55 bits per heavy atom. The number of carbonyl (C=O) groups excluding carboxylic acids is 2. The Labute approximate surface area is 116 Å². The molecular weight excluding hydrogens is 262 g/mol. The Morgan fingerprint density at radius 1 is 1.30 bits per heavy atom. The van der Waals surface area contributed by atoms with Crippen LogP contribution in [-0.4, -0.2) is 47.9 Å². The Balaban J connectivity index is 1.75.